The van der Waals surface area contributed by atoms with E-state index in [2.05, 4.69) is 242 Å². The Hall–Kier alpha value is -8.60. The molecular formula is C66H48N2O2. The number of anilines is 4. The van der Waals surface area contributed by atoms with Gasteiger partial charge in [-0.1, -0.05) is 169 Å². The van der Waals surface area contributed by atoms with Crippen LogP contribution in [0, 0.1) is 13.8 Å². The molecule has 0 aromatic heterocycles. The van der Waals surface area contributed by atoms with Crippen molar-refractivity contribution in [2.24, 2.45) is 0 Å². The molecule has 2 atom stereocenters. The second kappa shape index (κ2) is 16.0. The average Bonchev–Trinajstić information content (AvgIpc) is 3.99. The molecule has 4 aliphatic rings. The van der Waals surface area contributed by atoms with Crippen LogP contribution in [-0.4, -0.2) is 0 Å². The van der Waals surface area contributed by atoms with E-state index >= 15 is 0 Å². The Balaban J connectivity index is 1.12. The quantitative estimate of drug-likeness (QED) is 0.142. The van der Waals surface area contributed by atoms with Crippen molar-refractivity contribution in [2.75, 3.05) is 9.80 Å². The molecule has 0 saturated heterocycles. The fourth-order valence-electron chi connectivity index (χ4n) is 11.9. The van der Waals surface area contributed by atoms with Crippen LogP contribution in [0.3, 0.4) is 0 Å². The minimum atomic E-state index is 0.127. The number of hydrogen-bond acceptors (Lipinski definition) is 4. The van der Waals surface area contributed by atoms with E-state index in [1.165, 1.54) is 76.8 Å². The van der Waals surface area contributed by atoms with Crippen molar-refractivity contribution in [2.45, 2.75) is 38.5 Å². The number of rotatable bonds is 8. The minimum Gasteiger partial charge on any atom is -0.459 e. The smallest absolute Gasteiger partial charge is 0.136 e. The Bertz CT molecular complexity index is 3630. The van der Waals surface area contributed by atoms with Crippen molar-refractivity contribution in [1.29, 1.82) is 0 Å². The maximum absolute atomic E-state index is 6.93. The standard InChI is InChI=1S/C66H48N2O2/c1-41-17-13-19-43(37-41)55-39-59(67(45-21-5-3-6-22-45)57-29-15-27-51-47-25-9-11-31-61(47)69-65(51)57)53-36-34-50-56(44-20-14-18-42(2)38-44)40-60(54-35-33-49(55)63(53)64(50)54)68(46-23-7-4-8-24-46)58-30-16-28-52-48-26-10-12-32-62(48)70-66(52)58/h3-26,29-40,51-52H,27-28H2,1-2H3. The van der Waals surface area contributed by atoms with E-state index in [9.17, 15) is 0 Å². The van der Waals surface area contributed by atoms with Gasteiger partial charge in [-0.15, -0.1) is 0 Å². The van der Waals surface area contributed by atoms with Crippen LogP contribution >= 0.6 is 0 Å². The Morgan fingerprint density at radius 1 is 0.400 bits per heavy atom. The molecule has 2 heterocycles. The normalized spacial score (nSPS) is 16.6. The maximum Gasteiger partial charge on any atom is 0.136 e. The van der Waals surface area contributed by atoms with Crippen LogP contribution in [0.15, 0.2) is 241 Å². The lowest BCUT2D eigenvalue weighted by molar-refractivity contribution is 0.418. The lowest BCUT2D eigenvalue weighted by Gasteiger charge is -2.33. The summed E-state index contributed by atoms with van der Waals surface area (Å²) in [5.74, 6) is 4.11. The molecule has 0 bridgehead atoms. The summed E-state index contributed by atoms with van der Waals surface area (Å²) in [5.41, 5.74) is 16.1. The third-order valence-electron chi connectivity index (χ3n) is 15.0. The number of hydrogen-bond donors (Lipinski definition) is 0. The Kier molecular flexibility index (Phi) is 9.25. The predicted octanol–water partition coefficient (Wildman–Crippen LogP) is 17.5. The van der Waals surface area contributed by atoms with Crippen molar-refractivity contribution in [1.82, 2.24) is 0 Å². The molecule has 10 aromatic rings. The van der Waals surface area contributed by atoms with Crippen LogP contribution < -0.4 is 19.3 Å². The van der Waals surface area contributed by atoms with Gasteiger partial charge in [-0.3, -0.25) is 0 Å². The number of fused-ring (bicyclic) bond motifs is 6. The minimum absolute atomic E-state index is 0.127. The van der Waals surface area contributed by atoms with Crippen molar-refractivity contribution >= 4 is 55.1 Å². The van der Waals surface area contributed by atoms with Gasteiger partial charge in [-0.25, -0.2) is 0 Å². The Labute approximate surface area is 408 Å². The molecule has 0 saturated carbocycles. The molecule has 10 aromatic carbocycles. The zero-order chi connectivity index (χ0) is 46.5. The summed E-state index contributed by atoms with van der Waals surface area (Å²) in [4.78, 5) is 4.92. The third-order valence-corrected chi connectivity index (χ3v) is 15.0. The Morgan fingerprint density at radius 2 is 0.814 bits per heavy atom. The molecule has 2 aliphatic heterocycles. The average molecular weight is 901 g/mol. The molecule has 4 heteroatoms. The summed E-state index contributed by atoms with van der Waals surface area (Å²) in [7, 11) is 0. The molecule has 0 amide bonds. The maximum atomic E-state index is 6.93. The molecule has 0 N–H and O–H groups in total. The third kappa shape index (κ3) is 6.29. The van der Waals surface area contributed by atoms with E-state index in [0.29, 0.717) is 0 Å². The molecular weight excluding hydrogens is 853 g/mol. The SMILES string of the molecule is Cc1cccc(-c2cc(N(C3=C4Oc5ccccc5C4CC=C3)c3ccccc3)c3ccc4c(-c5cccc(C)c5)cc(N(C5=C6Oc7ccccc7C6CC=C5)c5ccccc5)c5ccc2c3c45)c1. The Morgan fingerprint density at radius 3 is 1.26 bits per heavy atom. The van der Waals surface area contributed by atoms with Gasteiger partial charge in [-0.05, 0) is 120 Å². The van der Waals surface area contributed by atoms with E-state index in [0.717, 1.165) is 70.0 Å². The zero-order valence-electron chi connectivity index (χ0n) is 39.1. The molecule has 0 fully saturated rings. The summed E-state index contributed by atoms with van der Waals surface area (Å²) >= 11 is 0. The fraction of sp³-hybridized carbons (Fsp3) is 0.0909. The highest BCUT2D eigenvalue weighted by Crippen LogP contribution is 2.55. The van der Waals surface area contributed by atoms with Crippen LogP contribution in [0.5, 0.6) is 11.5 Å². The number of ether oxygens (including phenoxy) is 2. The fourth-order valence-corrected chi connectivity index (χ4v) is 11.9. The highest BCUT2D eigenvalue weighted by molar-refractivity contribution is 6.32. The molecule has 0 radical (unpaired) electrons. The first-order valence-electron chi connectivity index (χ1n) is 24.5. The van der Waals surface area contributed by atoms with Crippen LogP contribution in [0.2, 0.25) is 0 Å². The van der Waals surface area contributed by atoms with Gasteiger partial charge in [0, 0.05) is 44.0 Å². The lowest BCUT2D eigenvalue weighted by atomic mass is 9.84. The van der Waals surface area contributed by atoms with E-state index in [-0.39, 0.29) is 11.8 Å². The topological polar surface area (TPSA) is 24.9 Å². The van der Waals surface area contributed by atoms with E-state index < -0.39 is 0 Å². The van der Waals surface area contributed by atoms with Gasteiger partial charge in [-0.2, -0.15) is 0 Å². The largest absolute Gasteiger partial charge is 0.459 e. The second-order valence-corrected chi connectivity index (χ2v) is 19.2. The molecule has 14 rings (SSSR count). The second-order valence-electron chi connectivity index (χ2n) is 19.2. The van der Waals surface area contributed by atoms with Crippen molar-refractivity contribution in [3.05, 3.63) is 264 Å². The summed E-state index contributed by atoms with van der Waals surface area (Å²) in [6.07, 6.45) is 11.0. The van der Waals surface area contributed by atoms with Gasteiger partial charge in [0.25, 0.3) is 0 Å². The number of allylic oxidation sites excluding steroid dienone is 6. The zero-order valence-corrected chi connectivity index (χ0v) is 39.1. The van der Waals surface area contributed by atoms with Gasteiger partial charge in [0.2, 0.25) is 0 Å². The van der Waals surface area contributed by atoms with Crippen LogP contribution in [0.4, 0.5) is 22.7 Å². The predicted molar refractivity (Wildman–Crippen MR) is 289 cm³/mol. The molecule has 334 valence electrons. The lowest BCUT2D eigenvalue weighted by Crippen LogP contribution is -2.22. The van der Waals surface area contributed by atoms with Crippen molar-refractivity contribution in [3.63, 3.8) is 0 Å². The molecule has 2 aliphatic carbocycles. The number of nitrogens with zero attached hydrogens (tertiary/aromatic N) is 2. The van der Waals surface area contributed by atoms with Crippen LogP contribution in [0.25, 0.3) is 54.6 Å². The molecule has 4 nitrogen and oxygen atoms in total. The van der Waals surface area contributed by atoms with Gasteiger partial charge >= 0.3 is 0 Å². The summed E-state index contributed by atoms with van der Waals surface area (Å²) in [6.45, 7) is 4.38. The molecule has 0 spiro atoms. The van der Waals surface area contributed by atoms with Crippen LogP contribution in [-0.2, 0) is 0 Å². The number of aryl methyl sites for hydroxylation is 2. The summed E-state index contributed by atoms with van der Waals surface area (Å²) in [5, 5.41) is 7.21. The first kappa shape index (κ1) is 40.5. The van der Waals surface area contributed by atoms with Crippen molar-refractivity contribution < 1.29 is 9.47 Å². The van der Waals surface area contributed by atoms with Crippen molar-refractivity contribution in [3.8, 4) is 33.8 Å². The summed E-state index contributed by atoms with van der Waals surface area (Å²) < 4.78 is 13.9. The van der Waals surface area contributed by atoms with Crippen LogP contribution in [0.1, 0.15) is 46.9 Å². The first-order chi connectivity index (χ1) is 34.6. The highest BCUT2D eigenvalue weighted by atomic mass is 16.5. The van der Waals surface area contributed by atoms with Gasteiger partial charge in [0.15, 0.2) is 0 Å². The van der Waals surface area contributed by atoms with Gasteiger partial charge in [0.1, 0.15) is 23.0 Å². The number of benzene rings is 10. The highest BCUT2D eigenvalue weighted by Gasteiger charge is 2.38. The van der Waals surface area contributed by atoms with Gasteiger partial charge in [0.05, 0.1) is 34.6 Å². The number of para-hydroxylation sites is 4. The first-order valence-corrected chi connectivity index (χ1v) is 24.5. The van der Waals surface area contributed by atoms with E-state index in [1.807, 2.05) is 0 Å². The van der Waals surface area contributed by atoms with Gasteiger partial charge < -0.3 is 19.3 Å². The molecule has 2 unspecified atom stereocenters. The monoisotopic (exact) mass is 900 g/mol. The van der Waals surface area contributed by atoms with E-state index in [1.54, 1.807) is 0 Å². The summed E-state index contributed by atoms with van der Waals surface area (Å²) in [6, 6.07) is 71.1. The molecule has 70 heavy (non-hydrogen) atoms. The van der Waals surface area contributed by atoms with E-state index in [4.69, 9.17) is 9.47 Å².